The molecule has 0 unspecified atom stereocenters. The summed E-state index contributed by atoms with van der Waals surface area (Å²) in [7, 11) is 1.55. The standard InChI is InChI=1S/C25H28N2O7/c1-3-32-24(29)22-20(16-34-21(28)10-7-15-33-19-8-5-4-6-9-19)26-25(30)27-23(22)17-11-13-18(31-2)14-12-17/h4-6,8-9,11-14,23H,3,7,10,15-16H2,1-2H3,(H2,26,27,30)/t23-/m1/s1. The third kappa shape index (κ3) is 6.74. The number of benzene rings is 2. The highest BCUT2D eigenvalue weighted by Gasteiger charge is 2.34. The van der Waals surface area contributed by atoms with Gasteiger partial charge in [0, 0.05) is 6.42 Å². The molecule has 2 amide bonds. The summed E-state index contributed by atoms with van der Waals surface area (Å²) in [4.78, 5) is 37.3. The van der Waals surface area contributed by atoms with Crippen molar-refractivity contribution in [3.8, 4) is 11.5 Å². The fourth-order valence-corrected chi connectivity index (χ4v) is 3.38. The Morgan fingerprint density at radius 1 is 0.971 bits per heavy atom. The van der Waals surface area contributed by atoms with E-state index in [1.165, 1.54) is 0 Å². The van der Waals surface area contributed by atoms with Crippen molar-refractivity contribution in [2.45, 2.75) is 25.8 Å². The van der Waals surface area contributed by atoms with E-state index in [0.29, 0.717) is 24.3 Å². The summed E-state index contributed by atoms with van der Waals surface area (Å²) in [5.41, 5.74) is 1.00. The summed E-state index contributed by atoms with van der Waals surface area (Å²) in [6.45, 7) is 1.93. The van der Waals surface area contributed by atoms with Crippen molar-refractivity contribution in [1.29, 1.82) is 0 Å². The van der Waals surface area contributed by atoms with Gasteiger partial charge in [0.15, 0.2) is 0 Å². The molecule has 3 rings (SSSR count). The summed E-state index contributed by atoms with van der Waals surface area (Å²) in [6.07, 6.45) is 0.586. The number of ether oxygens (including phenoxy) is 4. The first kappa shape index (κ1) is 24.6. The lowest BCUT2D eigenvalue weighted by atomic mass is 9.95. The zero-order valence-corrected chi connectivity index (χ0v) is 19.2. The molecule has 180 valence electrons. The summed E-state index contributed by atoms with van der Waals surface area (Å²) < 4.78 is 21.3. The van der Waals surface area contributed by atoms with Gasteiger partial charge in [0.1, 0.15) is 18.1 Å². The summed E-state index contributed by atoms with van der Waals surface area (Å²) in [6, 6.07) is 14.9. The molecule has 0 spiro atoms. The van der Waals surface area contributed by atoms with Crippen LogP contribution in [-0.2, 0) is 19.1 Å². The molecule has 1 heterocycles. The predicted molar refractivity (Wildman–Crippen MR) is 123 cm³/mol. The number of rotatable bonds is 11. The van der Waals surface area contributed by atoms with E-state index in [1.807, 2.05) is 30.3 Å². The minimum Gasteiger partial charge on any atom is -0.497 e. The van der Waals surface area contributed by atoms with E-state index in [1.54, 1.807) is 38.3 Å². The molecule has 1 atom stereocenters. The number of nitrogens with one attached hydrogen (secondary N) is 2. The highest BCUT2D eigenvalue weighted by molar-refractivity contribution is 5.95. The monoisotopic (exact) mass is 468 g/mol. The molecule has 0 fully saturated rings. The van der Waals surface area contributed by atoms with Gasteiger partial charge in [0.05, 0.1) is 37.6 Å². The maximum Gasteiger partial charge on any atom is 0.338 e. The Morgan fingerprint density at radius 3 is 2.38 bits per heavy atom. The Balaban J connectivity index is 1.66. The number of urea groups is 1. The zero-order chi connectivity index (χ0) is 24.3. The highest BCUT2D eigenvalue weighted by atomic mass is 16.5. The topological polar surface area (TPSA) is 112 Å². The quantitative estimate of drug-likeness (QED) is 0.384. The molecule has 0 saturated carbocycles. The van der Waals surface area contributed by atoms with E-state index in [0.717, 1.165) is 5.75 Å². The second-order valence-electron chi connectivity index (χ2n) is 7.34. The van der Waals surface area contributed by atoms with Crippen LogP contribution in [0.3, 0.4) is 0 Å². The molecule has 0 bridgehead atoms. The van der Waals surface area contributed by atoms with Gasteiger partial charge in [-0.25, -0.2) is 9.59 Å². The van der Waals surface area contributed by atoms with Crippen LogP contribution in [0.25, 0.3) is 0 Å². The maximum absolute atomic E-state index is 12.8. The van der Waals surface area contributed by atoms with E-state index in [9.17, 15) is 14.4 Å². The van der Waals surface area contributed by atoms with Gasteiger partial charge in [-0.3, -0.25) is 4.79 Å². The molecule has 9 nitrogen and oxygen atoms in total. The van der Waals surface area contributed by atoms with Gasteiger partial charge in [0.25, 0.3) is 0 Å². The molecular formula is C25H28N2O7. The molecule has 2 aromatic rings. The lowest BCUT2D eigenvalue weighted by Crippen LogP contribution is -2.47. The summed E-state index contributed by atoms with van der Waals surface area (Å²) >= 11 is 0. The van der Waals surface area contributed by atoms with Crippen LogP contribution in [0.15, 0.2) is 65.9 Å². The number of carbonyl (C=O) groups is 3. The van der Waals surface area contributed by atoms with Gasteiger partial charge < -0.3 is 29.6 Å². The number of methoxy groups -OCH3 is 1. The first-order chi connectivity index (χ1) is 16.5. The van der Waals surface area contributed by atoms with Crippen LogP contribution in [0.5, 0.6) is 11.5 Å². The first-order valence-corrected chi connectivity index (χ1v) is 11.0. The van der Waals surface area contributed by atoms with Crippen LogP contribution in [0.4, 0.5) is 4.79 Å². The Labute approximate surface area is 198 Å². The summed E-state index contributed by atoms with van der Waals surface area (Å²) in [5, 5.41) is 5.30. The van der Waals surface area contributed by atoms with Crippen molar-refractivity contribution < 1.29 is 33.3 Å². The predicted octanol–water partition coefficient (Wildman–Crippen LogP) is 3.27. The van der Waals surface area contributed by atoms with E-state index < -0.39 is 24.0 Å². The molecule has 9 heteroatoms. The Morgan fingerprint density at radius 2 is 1.71 bits per heavy atom. The van der Waals surface area contributed by atoms with Crippen molar-refractivity contribution in [2.24, 2.45) is 0 Å². The van der Waals surface area contributed by atoms with Crippen molar-refractivity contribution in [2.75, 3.05) is 26.9 Å². The summed E-state index contributed by atoms with van der Waals surface area (Å²) in [5.74, 6) is 0.275. The number of carbonyl (C=O) groups excluding carboxylic acids is 3. The number of hydrogen-bond acceptors (Lipinski definition) is 7. The van der Waals surface area contributed by atoms with Crippen LogP contribution < -0.4 is 20.1 Å². The van der Waals surface area contributed by atoms with Crippen LogP contribution in [0.1, 0.15) is 31.4 Å². The molecule has 1 aliphatic heterocycles. The molecule has 0 aromatic heterocycles. The molecule has 2 N–H and O–H groups in total. The van der Waals surface area contributed by atoms with Crippen LogP contribution in [0, 0.1) is 0 Å². The van der Waals surface area contributed by atoms with Gasteiger partial charge in [-0.2, -0.15) is 0 Å². The van der Waals surface area contributed by atoms with E-state index in [4.69, 9.17) is 18.9 Å². The lowest BCUT2D eigenvalue weighted by molar-refractivity contribution is -0.144. The fraction of sp³-hybridized carbons (Fsp3) is 0.320. The molecule has 0 aliphatic carbocycles. The smallest absolute Gasteiger partial charge is 0.338 e. The van der Waals surface area contributed by atoms with E-state index in [-0.39, 0.29) is 30.9 Å². The van der Waals surface area contributed by atoms with Gasteiger partial charge in [-0.1, -0.05) is 30.3 Å². The van der Waals surface area contributed by atoms with Crippen LogP contribution in [0.2, 0.25) is 0 Å². The largest absolute Gasteiger partial charge is 0.497 e. The Kier molecular flexibility index (Phi) is 8.90. The SMILES string of the molecule is CCOC(=O)C1=C(COC(=O)CCCOc2ccccc2)NC(=O)N[C@@H]1c1ccc(OC)cc1. The molecule has 0 radical (unpaired) electrons. The minimum atomic E-state index is -0.772. The second kappa shape index (κ2) is 12.3. The van der Waals surface area contributed by atoms with E-state index in [2.05, 4.69) is 10.6 Å². The first-order valence-electron chi connectivity index (χ1n) is 11.0. The number of para-hydroxylation sites is 1. The Bertz CT molecular complexity index is 1020. The van der Waals surface area contributed by atoms with Crippen LogP contribution >= 0.6 is 0 Å². The van der Waals surface area contributed by atoms with Crippen molar-refractivity contribution in [1.82, 2.24) is 10.6 Å². The van der Waals surface area contributed by atoms with Crippen molar-refractivity contribution in [3.05, 3.63) is 71.4 Å². The van der Waals surface area contributed by atoms with Crippen molar-refractivity contribution in [3.63, 3.8) is 0 Å². The van der Waals surface area contributed by atoms with Gasteiger partial charge in [0.2, 0.25) is 0 Å². The lowest BCUT2D eigenvalue weighted by Gasteiger charge is -2.29. The average Bonchev–Trinajstić information content (AvgIpc) is 2.85. The van der Waals surface area contributed by atoms with E-state index >= 15 is 0 Å². The average molecular weight is 469 g/mol. The third-order valence-electron chi connectivity index (χ3n) is 5.01. The van der Waals surface area contributed by atoms with Gasteiger partial charge >= 0.3 is 18.0 Å². The number of amides is 2. The third-order valence-corrected chi connectivity index (χ3v) is 5.01. The second-order valence-corrected chi connectivity index (χ2v) is 7.34. The highest BCUT2D eigenvalue weighted by Crippen LogP contribution is 2.29. The normalized spacial score (nSPS) is 15.1. The van der Waals surface area contributed by atoms with Gasteiger partial charge in [-0.05, 0) is 43.2 Å². The molecule has 2 aromatic carbocycles. The van der Waals surface area contributed by atoms with Crippen LogP contribution in [-0.4, -0.2) is 44.9 Å². The van der Waals surface area contributed by atoms with Crippen molar-refractivity contribution >= 4 is 18.0 Å². The minimum absolute atomic E-state index is 0.128. The molecule has 34 heavy (non-hydrogen) atoms. The molecular weight excluding hydrogens is 440 g/mol. The van der Waals surface area contributed by atoms with Gasteiger partial charge in [-0.15, -0.1) is 0 Å². The Hall–Kier alpha value is -4.01. The fourth-order valence-electron chi connectivity index (χ4n) is 3.38. The number of esters is 2. The number of hydrogen-bond donors (Lipinski definition) is 2. The maximum atomic E-state index is 12.8. The molecule has 1 aliphatic rings. The molecule has 0 saturated heterocycles. The zero-order valence-electron chi connectivity index (χ0n) is 19.2.